The SMILES string of the molecule is CC(O)(CNCc1nc2c(s1)CCC2)c1ccco1. The zero-order valence-corrected chi connectivity index (χ0v) is 11.8. The van der Waals surface area contributed by atoms with Crippen LogP contribution in [0.2, 0.25) is 0 Å². The first-order chi connectivity index (χ1) is 9.15. The number of thiazole rings is 1. The Hall–Kier alpha value is -1.17. The normalized spacial score (nSPS) is 17.4. The van der Waals surface area contributed by atoms with Gasteiger partial charge in [-0.25, -0.2) is 4.98 Å². The van der Waals surface area contributed by atoms with Gasteiger partial charge in [0.2, 0.25) is 0 Å². The molecule has 1 atom stereocenters. The fourth-order valence-corrected chi connectivity index (χ4v) is 3.53. The molecule has 0 aromatic carbocycles. The highest BCUT2D eigenvalue weighted by atomic mass is 32.1. The lowest BCUT2D eigenvalue weighted by Crippen LogP contribution is -2.34. The van der Waals surface area contributed by atoms with E-state index in [1.165, 1.54) is 23.4 Å². The Bertz CT molecular complexity index is 524. The number of fused-ring (bicyclic) bond motifs is 1. The van der Waals surface area contributed by atoms with Gasteiger partial charge in [-0.15, -0.1) is 11.3 Å². The van der Waals surface area contributed by atoms with Crippen molar-refractivity contribution in [3.8, 4) is 0 Å². The van der Waals surface area contributed by atoms with E-state index in [0.29, 0.717) is 18.8 Å². The molecule has 0 spiro atoms. The summed E-state index contributed by atoms with van der Waals surface area (Å²) in [6, 6.07) is 3.58. The highest BCUT2D eigenvalue weighted by Crippen LogP contribution is 2.27. The molecule has 0 fully saturated rings. The van der Waals surface area contributed by atoms with Gasteiger partial charge in [-0.1, -0.05) is 0 Å². The molecule has 19 heavy (non-hydrogen) atoms. The van der Waals surface area contributed by atoms with Crippen LogP contribution in [0.1, 0.15) is 34.7 Å². The molecule has 2 heterocycles. The summed E-state index contributed by atoms with van der Waals surface area (Å²) in [4.78, 5) is 6.06. The van der Waals surface area contributed by atoms with Crippen LogP contribution in [0.25, 0.3) is 0 Å². The smallest absolute Gasteiger partial charge is 0.136 e. The second-order valence-electron chi connectivity index (χ2n) is 5.19. The van der Waals surface area contributed by atoms with Crippen molar-refractivity contribution in [2.24, 2.45) is 0 Å². The average Bonchev–Trinajstić information content (AvgIpc) is 3.04. The molecule has 0 amide bonds. The molecule has 2 aromatic heterocycles. The molecule has 4 nitrogen and oxygen atoms in total. The molecule has 0 bridgehead atoms. The van der Waals surface area contributed by atoms with Crippen molar-refractivity contribution >= 4 is 11.3 Å². The van der Waals surface area contributed by atoms with E-state index in [2.05, 4.69) is 10.3 Å². The van der Waals surface area contributed by atoms with E-state index in [1.807, 2.05) is 0 Å². The van der Waals surface area contributed by atoms with Gasteiger partial charge in [-0.05, 0) is 38.3 Å². The Morgan fingerprint density at radius 1 is 1.53 bits per heavy atom. The van der Waals surface area contributed by atoms with Crippen molar-refractivity contribution in [2.75, 3.05) is 6.54 Å². The van der Waals surface area contributed by atoms with Crippen molar-refractivity contribution in [3.05, 3.63) is 39.7 Å². The van der Waals surface area contributed by atoms with Crippen molar-refractivity contribution in [1.29, 1.82) is 0 Å². The monoisotopic (exact) mass is 278 g/mol. The minimum Gasteiger partial charge on any atom is -0.466 e. The molecule has 5 heteroatoms. The second-order valence-corrected chi connectivity index (χ2v) is 6.35. The maximum atomic E-state index is 10.3. The Labute approximate surface area is 116 Å². The molecule has 1 unspecified atom stereocenters. The lowest BCUT2D eigenvalue weighted by molar-refractivity contribution is 0.0340. The Balaban J connectivity index is 1.55. The number of aryl methyl sites for hydroxylation is 2. The lowest BCUT2D eigenvalue weighted by atomic mass is 10.0. The van der Waals surface area contributed by atoms with Gasteiger partial charge in [0.25, 0.3) is 0 Å². The first kappa shape index (κ1) is 12.8. The topological polar surface area (TPSA) is 58.3 Å². The van der Waals surface area contributed by atoms with Gasteiger partial charge in [0.05, 0.1) is 12.0 Å². The summed E-state index contributed by atoms with van der Waals surface area (Å²) in [5.74, 6) is 0.585. The summed E-state index contributed by atoms with van der Waals surface area (Å²) in [5.41, 5.74) is 0.295. The van der Waals surface area contributed by atoms with Crippen molar-refractivity contribution in [2.45, 2.75) is 38.3 Å². The Kier molecular flexibility index (Phi) is 3.43. The number of hydrogen-bond acceptors (Lipinski definition) is 5. The highest BCUT2D eigenvalue weighted by Gasteiger charge is 2.26. The Morgan fingerprint density at radius 2 is 2.42 bits per heavy atom. The summed E-state index contributed by atoms with van der Waals surface area (Å²) in [7, 11) is 0. The molecule has 0 radical (unpaired) electrons. The van der Waals surface area contributed by atoms with E-state index in [9.17, 15) is 5.11 Å². The van der Waals surface area contributed by atoms with Crippen LogP contribution < -0.4 is 5.32 Å². The zero-order chi connectivity index (χ0) is 13.3. The van der Waals surface area contributed by atoms with Crippen LogP contribution in [0.4, 0.5) is 0 Å². The van der Waals surface area contributed by atoms with Gasteiger partial charge < -0.3 is 14.8 Å². The lowest BCUT2D eigenvalue weighted by Gasteiger charge is -2.20. The average molecular weight is 278 g/mol. The summed E-state index contributed by atoms with van der Waals surface area (Å²) < 4.78 is 5.25. The van der Waals surface area contributed by atoms with Crippen molar-refractivity contribution in [3.63, 3.8) is 0 Å². The highest BCUT2D eigenvalue weighted by molar-refractivity contribution is 7.11. The number of nitrogens with one attached hydrogen (secondary N) is 1. The molecule has 2 N–H and O–H groups in total. The standard InChI is InChI=1S/C14H18N2O2S/c1-14(17,12-6-3-7-18-12)9-15-8-13-16-10-4-2-5-11(10)19-13/h3,6-7,15,17H,2,4-5,8-9H2,1H3. The third-order valence-corrected chi connectivity index (χ3v) is 4.59. The first-order valence-electron chi connectivity index (χ1n) is 6.60. The minimum atomic E-state index is -0.983. The first-order valence-corrected chi connectivity index (χ1v) is 7.41. The van der Waals surface area contributed by atoms with Crippen LogP contribution in [-0.4, -0.2) is 16.6 Å². The molecule has 1 aliphatic carbocycles. The number of hydrogen-bond donors (Lipinski definition) is 2. The van der Waals surface area contributed by atoms with Crippen LogP contribution in [-0.2, 0) is 25.0 Å². The van der Waals surface area contributed by atoms with Gasteiger partial charge in [0.15, 0.2) is 0 Å². The molecule has 3 rings (SSSR count). The minimum absolute atomic E-state index is 0.449. The fourth-order valence-electron chi connectivity index (χ4n) is 2.40. The number of aliphatic hydroxyl groups is 1. The van der Waals surface area contributed by atoms with Gasteiger partial charge in [-0.3, -0.25) is 0 Å². The van der Waals surface area contributed by atoms with Crippen LogP contribution in [0, 0.1) is 0 Å². The van der Waals surface area contributed by atoms with Gasteiger partial charge >= 0.3 is 0 Å². The molecule has 102 valence electrons. The fraction of sp³-hybridized carbons (Fsp3) is 0.500. The maximum absolute atomic E-state index is 10.3. The third-order valence-electron chi connectivity index (χ3n) is 3.44. The summed E-state index contributed by atoms with van der Waals surface area (Å²) in [6.07, 6.45) is 5.12. The molecular formula is C14H18N2O2S. The molecule has 2 aromatic rings. The Morgan fingerprint density at radius 3 is 3.16 bits per heavy atom. The number of furan rings is 1. The number of nitrogens with zero attached hydrogens (tertiary/aromatic N) is 1. The van der Waals surface area contributed by atoms with E-state index < -0.39 is 5.60 Å². The predicted octanol–water partition coefficient (Wildman–Crippen LogP) is 2.22. The van der Waals surface area contributed by atoms with E-state index in [1.54, 1.807) is 36.7 Å². The van der Waals surface area contributed by atoms with Crippen molar-refractivity contribution in [1.82, 2.24) is 10.3 Å². The summed E-state index contributed by atoms with van der Waals surface area (Å²) in [6.45, 7) is 2.90. The number of aromatic nitrogens is 1. The van der Waals surface area contributed by atoms with Crippen molar-refractivity contribution < 1.29 is 9.52 Å². The molecular weight excluding hydrogens is 260 g/mol. The van der Waals surface area contributed by atoms with Crippen LogP contribution in [0.5, 0.6) is 0 Å². The maximum Gasteiger partial charge on any atom is 0.136 e. The van der Waals surface area contributed by atoms with E-state index >= 15 is 0 Å². The molecule has 0 aliphatic heterocycles. The second kappa shape index (κ2) is 5.07. The largest absolute Gasteiger partial charge is 0.466 e. The molecule has 1 aliphatic rings. The van der Waals surface area contributed by atoms with E-state index in [4.69, 9.17) is 4.42 Å². The predicted molar refractivity (Wildman–Crippen MR) is 74.1 cm³/mol. The quantitative estimate of drug-likeness (QED) is 0.880. The molecule has 0 saturated heterocycles. The molecule has 0 saturated carbocycles. The van der Waals surface area contributed by atoms with Crippen LogP contribution in [0.15, 0.2) is 22.8 Å². The van der Waals surface area contributed by atoms with Crippen LogP contribution >= 0.6 is 11.3 Å². The summed E-state index contributed by atoms with van der Waals surface area (Å²) >= 11 is 1.79. The number of rotatable bonds is 5. The zero-order valence-electron chi connectivity index (χ0n) is 11.0. The van der Waals surface area contributed by atoms with Crippen LogP contribution in [0.3, 0.4) is 0 Å². The van der Waals surface area contributed by atoms with Gasteiger partial charge in [-0.2, -0.15) is 0 Å². The summed E-state index contributed by atoms with van der Waals surface area (Å²) in [5, 5.41) is 14.7. The van der Waals surface area contributed by atoms with E-state index in [-0.39, 0.29) is 0 Å². The van der Waals surface area contributed by atoms with Gasteiger partial charge in [0, 0.05) is 18.0 Å². The van der Waals surface area contributed by atoms with E-state index in [0.717, 1.165) is 11.4 Å². The third kappa shape index (κ3) is 2.73. The van der Waals surface area contributed by atoms with Gasteiger partial charge in [0.1, 0.15) is 16.4 Å².